The minimum absolute atomic E-state index is 0.617. The summed E-state index contributed by atoms with van der Waals surface area (Å²) in [6.07, 6.45) is 0.617. The number of rotatable bonds is 3. The van der Waals surface area contributed by atoms with Gasteiger partial charge in [-0.05, 0) is 5.56 Å². The Morgan fingerprint density at radius 1 is 1.40 bits per heavy atom. The van der Waals surface area contributed by atoms with Crippen molar-refractivity contribution in [1.29, 1.82) is 0 Å². The molecular weight excluding hydrogens is 208 g/mol. The van der Waals surface area contributed by atoms with E-state index in [-0.39, 0.29) is 0 Å². The van der Waals surface area contributed by atoms with Crippen LogP contribution in [0, 0.1) is 0 Å². The summed E-state index contributed by atoms with van der Waals surface area (Å²) < 4.78 is 0. The fourth-order valence-corrected chi connectivity index (χ4v) is 2.50. The molecule has 1 heterocycles. The van der Waals surface area contributed by atoms with Crippen LogP contribution in [0.2, 0.25) is 0 Å². The molecule has 1 fully saturated rings. The van der Waals surface area contributed by atoms with Gasteiger partial charge in [-0.2, -0.15) is 4.99 Å². The highest BCUT2D eigenvalue weighted by Gasteiger charge is 2.18. The van der Waals surface area contributed by atoms with Crippen LogP contribution in [0.5, 0.6) is 0 Å². The van der Waals surface area contributed by atoms with Crippen molar-refractivity contribution in [2.24, 2.45) is 4.99 Å². The summed E-state index contributed by atoms with van der Waals surface area (Å²) in [7, 11) is 0. The first-order chi connectivity index (χ1) is 7.40. The van der Waals surface area contributed by atoms with E-state index in [1.54, 1.807) is 11.8 Å². The van der Waals surface area contributed by atoms with Crippen LogP contribution in [0.4, 0.5) is 0 Å². The standard InChI is InChI=1S/C11H12N2OS/c14-9-12-11-13(6-7-15-11)8-10-4-2-1-3-5-10/h1-5,9H,6-8H2/b12-11-. The summed E-state index contributed by atoms with van der Waals surface area (Å²) in [6.45, 7) is 1.80. The minimum Gasteiger partial charge on any atom is -0.346 e. The van der Waals surface area contributed by atoms with Crippen LogP contribution < -0.4 is 0 Å². The van der Waals surface area contributed by atoms with Gasteiger partial charge in [0.15, 0.2) is 5.17 Å². The first kappa shape index (κ1) is 10.2. The van der Waals surface area contributed by atoms with E-state index in [1.165, 1.54) is 5.56 Å². The van der Waals surface area contributed by atoms with Crippen LogP contribution in [-0.4, -0.2) is 28.8 Å². The minimum atomic E-state index is 0.617. The molecule has 15 heavy (non-hydrogen) atoms. The molecule has 0 saturated carbocycles. The highest BCUT2D eigenvalue weighted by Crippen LogP contribution is 2.19. The number of amidine groups is 1. The van der Waals surface area contributed by atoms with Crippen LogP contribution >= 0.6 is 11.8 Å². The number of thioether (sulfide) groups is 1. The second-order valence-corrected chi connectivity index (χ2v) is 4.33. The molecular formula is C11H12N2OS. The Morgan fingerprint density at radius 3 is 2.93 bits per heavy atom. The molecule has 78 valence electrons. The molecule has 0 aromatic heterocycles. The molecule has 0 aliphatic carbocycles. The van der Waals surface area contributed by atoms with E-state index in [2.05, 4.69) is 22.0 Å². The second-order valence-electron chi connectivity index (χ2n) is 3.27. The van der Waals surface area contributed by atoms with Gasteiger partial charge in [0, 0.05) is 18.8 Å². The topological polar surface area (TPSA) is 32.7 Å². The Kier molecular flexibility index (Phi) is 3.40. The molecule has 1 amide bonds. The number of carbonyl (C=O) groups is 1. The van der Waals surface area contributed by atoms with Gasteiger partial charge in [-0.25, -0.2) is 0 Å². The quantitative estimate of drug-likeness (QED) is 0.727. The van der Waals surface area contributed by atoms with Crippen LogP contribution in [0.1, 0.15) is 5.56 Å². The third kappa shape index (κ3) is 2.59. The molecule has 0 bridgehead atoms. The SMILES string of the molecule is O=C/N=C1\SCCN1Cc1ccccc1. The smallest absolute Gasteiger partial charge is 0.235 e. The zero-order valence-corrected chi connectivity index (χ0v) is 9.11. The van der Waals surface area contributed by atoms with Gasteiger partial charge in [-0.15, -0.1) is 0 Å². The van der Waals surface area contributed by atoms with Crippen molar-refractivity contribution < 1.29 is 4.79 Å². The van der Waals surface area contributed by atoms with Gasteiger partial charge in [-0.1, -0.05) is 42.1 Å². The lowest BCUT2D eigenvalue weighted by Gasteiger charge is -2.16. The van der Waals surface area contributed by atoms with Crippen LogP contribution in [0.15, 0.2) is 35.3 Å². The molecule has 1 aromatic rings. The predicted molar refractivity (Wildman–Crippen MR) is 62.8 cm³/mol. The predicted octanol–water partition coefficient (Wildman–Crippen LogP) is 1.75. The van der Waals surface area contributed by atoms with Gasteiger partial charge in [0.05, 0.1) is 0 Å². The summed E-state index contributed by atoms with van der Waals surface area (Å²) in [4.78, 5) is 16.3. The highest BCUT2D eigenvalue weighted by molar-refractivity contribution is 8.14. The normalized spacial score (nSPS) is 18.4. The third-order valence-corrected chi connectivity index (χ3v) is 3.25. The molecule has 4 heteroatoms. The van der Waals surface area contributed by atoms with Gasteiger partial charge in [0.1, 0.15) is 0 Å². The fourth-order valence-electron chi connectivity index (χ4n) is 1.55. The Bertz CT molecular complexity index is 364. The monoisotopic (exact) mass is 220 g/mol. The highest BCUT2D eigenvalue weighted by atomic mass is 32.2. The summed E-state index contributed by atoms with van der Waals surface area (Å²) in [5.74, 6) is 1.01. The largest absolute Gasteiger partial charge is 0.346 e. The Morgan fingerprint density at radius 2 is 2.20 bits per heavy atom. The average molecular weight is 220 g/mol. The first-order valence-corrected chi connectivity index (χ1v) is 5.82. The van der Waals surface area contributed by atoms with Crippen molar-refractivity contribution in [1.82, 2.24) is 4.90 Å². The molecule has 0 N–H and O–H groups in total. The molecule has 3 nitrogen and oxygen atoms in total. The summed E-state index contributed by atoms with van der Waals surface area (Å²) >= 11 is 1.64. The summed E-state index contributed by atoms with van der Waals surface area (Å²) in [5, 5.41) is 0.842. The Hall–Kier alpha value is -1.29. The van der Waals surface area contributed by atoms with E-state index in [4.69, 9.17) is 0 Å². The van der Waals surface area contributed by atoms with Crippen molar-refractivity contribution in [3.8, 4) is 0 Å². The lowest BCUT2D eigenvalue weighted by Crippen LogP contribution is -2.23. The number of hydrogen-bond donors (Lipinski definition) is 0. The lowest BCUT2D eigenvalue weighted by molar-refractivity contribution is -0.106. The first-order valence-electron chi connectivity index (χ1n) is 4.83. The molecule has 1 aliphatic heterocycles. The Balaban J connectivity index is 2.06. The van der Waals surface area contributed by atoms with E-state index >= 15 is 0 Å². The van der Waals surface area contributed by atoms with Crippen molar-refractivity contribution >= 4 is 23.3 Å². The fraction of sp³-hybridized carbons (Fsp3) is 0.273. The van der Waals surface area contributed by atoms with E-state index in [0.717, 1.165) is 24.0 Å². The van der Waals surface area contributed by atoms with Crippen molar-refractivity contribution in [3.63, 3.8) is 0 Å². The summed E-state index contributed by atoms with van der Waals surface area (Å²) in [6, 6.07) is 10.2. The molecule has 2 rings (SSSR count). The maximum Gasteiger partial charge on any atom is 0.235 e. The molecule has 0 atom stereocenters. The molecule has 1 aliphatic rings. The van der Waals surface area contributed by atoms with Gasteiger partial charge in [0.2, 0.25) is 6.41 Å². The molecule has 1 aromatic carbocycles. The van der Waals surface area contributed by atoms with Crippen LogP contribution in [-0.2, 0) is 11.3 Å². The van der Waals surface area contributed by atoms with E-state index < -0.39 is 0 Å². The van der Waals surface area contributed by atoms with Crippen molar-refractivity contribution in [2.75, 3.05) is 12.3 Å². The number of benzene rings is 1. The van der Waals surface area contributed by atoms with Gasteiger partial charge >= 0.3 is 0 Å². The number of amides is 1. The Labute approximate surface area is 93.2 Å². The number of aliphatic imine (C=N–C) groups is 1. The number of nitrogens with zero attached hydrogens (tertiary/aromatic N) is 2. The molecule has 0 unspecified atom stereocenters. The second kappa shape index (κ2) is 4.98. The van der Waals surface area contributed by atoms with Crippen molar-refractivity contribution in [2.45, 2.75) is 6.54 Å². The maximum atomic E-state index is 10.3. The summed E-state index contributed by atoms with van der Waals surface area (Å²) in [5.41, 5.74) is 1.25. The van der Waals surface area contributed by atoms with E-state index in [1.807, 2.05) is 18.2 Å². The zero-order chi connectivity index (χ0) is 10.5. The van der Waals surface area contributed by atoms with Gasteiger partial charge in [-0.3, -0.25) is 4.79 Å². The van der Waals surface area contributed by atoms with Gasteiger partial charge in [0.25, 0.3) is 0 Å². The number of hydrogen-bond acceptors (Lipinski definition) is 2. The zero-order valence-electron chi connectivity index (χ0n) is 8.30. The molecule has 0 spiro atoms. The van der Waals surface area contributed by atoms with E-state index in [9.17, 15) is 4.79 Å². The average Bonchev–Trinajstić information content (AvgIpc) is 2.68. The van der Waals surface area contributed by atoms with E-state index in [0.29, 0.717) is 6.41 Å². The third-order valence-electron chi connectivity index (χ3n) is 2.24. The number of carbonyl (C=O) groups excluding carboxylic acids is 1. The lowest BCUT2D eigenvalue weighted by atomic mass is 10.2. The van der Waals surface area contributed by atoms with Crippen molar-refractivity contribution in [3.05, 3.63) is 35.9 Å². The van der Waals surface area contributed by atoms with Crippen LogP contribution in [0.25, 0.3) is 0 Å². The molecule has 1 saturated heterocycles. The van der Waals surface area contributed by atoms with Gasteiger partial charge < -0.3 is 4.90 Å². The molecule has 0 radical (unpaired) electrons. The van der Waals surface area contributed by atoms with Crippen LogP contribution in [0.3, 0.4) is 0 Å². The maximum absolute atomic E-state index is 10.3.